The summed E-state index contributed by atoms with van der Waals surface area (Å²) in [6, 6.07) is 0.354. The molecule has 0 heterocycles. The van der Waals surface area contributed by atoms with Crippen LogP contribution in [-0.4, -0.2) is 30.2 Å². The molecule has 96 valence electrons. The highest BCUT2D eigenvalue weighted by atomic mass is 16.2. The van der Waals surface area contributed by atoms with E-state index >= 15 is 0 Å². The van der Waals surface area contributed by atoms with Crippen molar-refractivity contribution in [3.05, 3.63) is 12.2 Å². The van der Waals surface area contributed by atoms with Gasteiger partial charge in [-0.05, 0) is 37.7 Å². The van der Waals surface area contributed by atoms with Crippen LogP contribution in [0.1, 0.15) is 45.4 Å². The van der Waals surface area contributed by atoms with Crippen LogP contribution in [0.25, 0.3) is 0 Å². The number of aldehydes is 1. The Kier molecular flexibility index (Phi) is 5.95. The summed E-state index contributed by atoms with van der Waals surface area (Å²) in [6.07, 6.45) is 10.5. The fourth-order valence-corrected chi connectivity index (χ4v) is 2.65. The van der Waals surface area contributed by atoms with Crippen molar-refractivity contribution in [3.63, 3.8) is 0 Å². The Hall–Kier alpha value is -1.12. The molecule has 0 aliphatic heterocycles. The van der Waals surface area contributed by atoms with Gasteiger partial charge in [0.15, 0.2) is 0 Å². The summed E-state index contributed by atoms with van der Waals surface area (Å²) >= 11 is 0. The van der Waals surface area contributed by atoms with E-state index in [1.165, 1.54) is 37.8 Å². The zero-order valence-electron chi connectivity index (χ0n) is 10.9. The monoisotopic (exact) mass is 237 g/mol. The maximum Gasteiger partial charge on any atom is 0.246 e. The van der Waals surface area contributed by atoms with Gasteiger partial charge in [-0.2, -0.15) is 0 Å². The lowest BCUT2D eigenvalue weighted by atomic mass is 9.83. The lowest BCUT2D eigenvalue weighted by Gasteiger charge is -2.34. The highest BCUT2D eigenvalue weighted by Gasteiger charge is 2.25. The van der Waals surface area contributed by atoms with Crippen molar-refractivity contribution in [1.82, 2.24) is 4.90 Å². The highest BCUT2D eigenvalue weighted by molar-refractivity contribution is 5.90. The van der Waals surface area contributed by atoms with Gasteiger partial charge in [0, 0.05) is 19.2 Å². The number of allylic oxidation sites excluding steroid dienone is 1. The molecule has 3 nitrogen and oxygen atoms in total. The molecule has 1 amide bonds. The molecule has 1 rings (SSSR count). The molecule has 1 fully saturated rings. The Morgan fingerprint density at radius 3 is 2.47 bits per heavy atom. The average molecular weight is 237 g/mol. The summed E-state index contributed by atoms with van der Waals surface area (Å²) in [5, 5.41) is 0. The topological polar surface area (TPSA) is 37.4 Å². The van der Waals surface area contributed by atoms with Crippen LogP contribution in [0.4, 0.5) is 0 Å². The first kappa shape index (κ1) is 13.9. The van der Waals surface area contributed by atoms with Gasteiger partial charge >= 0.3 is 0 Å². The van der Waals surface area contributed by atoms with Gasteiger partial charge in [-0.3, -0.25) is 9.59 Å². The molecule has 0 N–H and O–H groups in total. The molecular formula is C14H23NO2. The minimum Gasteiger partial charge on any atom is -0.339 e. The average Bonchev–Trinajstić information content (AvgIpc) is 2.36. The molecule has 3 heteroatoms. The predicted molar refractivity (Wildman–Crippen MR) is 68.6 cm³/mol. The number of carbonyl (C=O) groups is 2. The normalized spacial score (nSPS) is 24.8. The first-order valence-electron chi connectivity index (χ1n) is 6.57. The van der Waals surface area contributed by atoms with Crippen molar-refractivity contribution < 1.29 is 9.59 Å². The maximum atomic E-state index is 11.7. The van der Waals surface area contributed by atoms with Gasteiger partial charge in [0.05, 0.1) is 0 Å². The van der Waals surface area contributed by atoms with Gasteiger partial charge < -0.3 is 4.90 Å². The van der Waals surface area contributed by atoms with Crippen LogP contribution in [0.2, 0.25) is 0 Å². The first-order valence-corrected chi connectivity index (χ1v) is 6.57. The Morgan fingerprint density at radius 2 is 1.94 bits per heavy atom. The quantitative estimate of drug-likeness (QED) is 0.544. The molecule has 1 aliphatic rings. The minimum absolute atomic E-state index is 0.0592. The summed E-state index contributed by atoms with van der Waals surface area (Å²) in [6.45, 7) is 2.23. The molecule has 1 aliphatic carbocycles. The summed E-state index contributed by atoms with van der Waals surface area (Å²) in [5.74, 6) is 0.793. The number of rotatable bonds is 5. The molecule has 0 saturated heterocycles. The van der Waals surface area contributed by atoms with E-state index in [0.717, 1.165) is 18.8 Å². The molecule has 0 aromatic carbocycles. The molecule has 0 atom stereocenters. The second-order valence-electron chi connectivity index (χ2n) is 4.91. The molecule has 17 heavy (non-hydrogen) atoms. The number of likely N-dealkylation sites (N-methyl/N-ethyl adjacent to an activating group) is 1. The van der Waals surface area contributed by atoms with Gasteiger partial charge in [-0.15, -0.1) is 0 Å². The fraction of sp³-hybridized carbons (Fsp3) is 0.714. The third-order valence-corrected chi connectivity index (χ3v) is 3.73. The summed E-state index contributed by atoms with van der Waals surface area (Å²) < 4.78 is 0. The number of hydrogen-bond donors (Lipinski definition) is 0. The molecular weight excluding hydrogens is 214 g/mol. The maximum absolute atomic E-state index is 11.7. The van der Waals surface area contributed by atoms with E-state index in [1.54, 1.807) is 4.90 Å². The van der Waals surface area contributed by atoms with Crippen molar-refractivity contribution in [2.75, 3.05) is 7.05 Å². The van der Waals surface area contributed by atoms with Crippen molar-refractivity contribution in [1.29, 1.82) is 0 Å². The van der Waals surface area contributed by atoms with E-state index in [1.807, 2.05) is 7.05 Å². The molecule has 0 bridgehead atoms. The van der Waals surface area contributed by atoms with E-state index < -0.39 is 0 Å². The van der Waals surface area contributed by atoms with Gasteiger partial charge in [0.25, 0.3) is 0 Å². The van der Waals surface area contributed by atoms with Crippen molar-refractivity contribution in [3.8, 4) is 0 Å². The van der Waals surface area contributed by atoms with E-state index in [-0.39, 0.29) is 5.91 Å². The lowest BCUT2D eigenvalue weighted by Crippen LogP contribution is -2.38. The molecule has 0 aromatic rings. The van der Waals surface area contributed by atoms with Crippen molar-refractivity contribution >= 4 is 12.2 Å². The SMILES string of the molecule is CCCC1CCC(N(C)C(=O)/C=C\C=O)CC1. The molecule has 0 aromatic heterocycles. The van der Waals surface area contributed by atoms with Gasteiger partial charge in [-0.1, -0.05) is 19.8 Å². The molecule has 1 saturated carbocycles. The summed E-state index contributed by atoms with van der Waals surface area (Å²) in [5.41, 5.74) is 0. The van der Waals surface area contributed by atoms with Crippen molar-refractivity contribution in [2.45, 2.75) is 51.5 Å². The summed E-state index contributed by atoms with van der Waals surface area (Å²) in [7, 11) is 1.84. The van der Waals surface area contributed by atoms with Crippen LogP contribution >= 0.6 is 0 Å². The van der Waals surface area contributed by atoms with E-state index in [2.05, 4.69) is 6.92 Å². The zero-order chi connectivity index (χ0) is 12.7. The number of amides is 1. The number of hydrogen-bond acceptors (Lipinski definition) is 2. The lowest BCUT2D eigenvalue weighted by molar-refractivity contribution is -0.127. The van der Waals surface area contributed by atoms with Gasteiger partial charge in [0.1, 0.15) is 6.29 Å². The number of carbonyl (C=O) groups excluding carboxylic acids is 2. The highest BCUT2D eigenvalue weighted by Crippen LogP contribution is 2.29. The Morgan fingerprint density at radius 1 is 1.29 bits per heavy atom. The van der Waals surface area contributed by atoms with Gasteiger partial charge in [0.2, 0.25) is 5.91 Å². The van der Waals surface area contributed by atoms with E-state index in [0.29, 0.717) is 12.3 Å². The van der Waals surface area contributed by atoms with Crippen LogP contribution in [0, 0.1) is 5.92 Å². The second kappa shape index (κ2) is 7.25. The van der Waals surface area contributed by atoms with E-state index in [4.69, 9.17) is 0 Å². The first-order chi connectivity index (χ1) is 8.19. The smallest absolute Gasteiger partial charge is 0.246 e. The van der Waals surface area contributed by atoms with Crippen LogP contribution in [-0.2, 0) is 9.59 Å². The number of nitrogens with zero attached hydrogens (tertiary/aromatic N) is 1. The molecule has 0 spiro atoms. The van der Waals surface area contributed by atoms with Crippen molar-refractivity contribution in [2.24, 2.45) is 5.92 Å². The van der Waals surface area contributed by atoms with Crippen LogP contribution in [0.5, 0.6) is 0 Å². The fourth-order valence-electron chi connectivity index (χ4n) is 2.65. The molecule has 0 unspecified atom stereocenters. The van der Waals surface area contributed by atoms with E-state index in [9.17, 15) is 9.59 Å². The zero-order valence-corrected chi connectivity index (χ0v) is 10.9. The third kappa shape index (κ3) is 4.33. The third-order valence-electron chi connectivity index (χ3n) is 3.73. The Labute approximate surface area is 104 Å². The van der Waals surface area contributed by atoms with Gasteiger partial charge in [-0.25, -0.2) is 0 Å². The second-order valence-corrected chi connectivity index (χ2v) is 4.91. The largest absolute Gasteiger partial charge is 0.339 e. The molecule has 0 radical (unpaired) electrons. The Balaban J connectivity index is 2.39. The van der Waals surface area contributed by atoms with Crippen LogP contribution < -0.4 is 0 Å². The summed E-state index contributed by atoms with van der Waals surface area (Å²) in [4.78, 5) is 23.6. The van der Waals surface area contributed by atoms with Crippen LogP contribution in [0.3, 0.4) is 0 Å². The van der Waals surface area contributed by atoms with Crippen LogP contribution in [0.15, 0.2) is 12.2 Å². The predicted octanol–water partition coefficient (Wildman–Crippen LogP) is 2.56. The minimum atomic E-state index is -0.0592. The Bertz CT molecular complexity index is 278. The standard InChI is InChI=1S/C14H23NO2/c1-3-5-12-7-9-13(10-8-12)15(2)14(17)6-4-11-16/h4,6,11-13H,3,5,7-10H2,1-2H3/b6-4-.